The van der Waals surface area contributed by atoms with Crippen LogP contribution in [0.1, 0.15) is 22.3 Å². The number of methoxy groups -OCH3 is 1. The summed E-state index contributed by atoms with van der Waals surface area (Å²) in [4.78, 5) is 0. The standard InChI is InChI=1S/C18H14O/c1-19-17-12-9-14(10-13-17)8-11-16-5-2-4-15-6-3-7-18(15)16/h2-5,7,9-10,12-13H,6H2,1H3. The van der Waals surface area contributed by atoms with Crippen molar-refractivity contribution in [3.05, 3.63) is 70.8 Å². The molecule has 0 N–H and O–H groups in total. The van der Waals surface area contributed by atoms with Gasteiger partial charge in [-0.3, -0.25) is 0 Å². The van der Waals surface area contributed by atoms with E-state index in [0.717, 1.165) is 23.3 Å². The molecule has 1 aliphatic rings. The van der Waals surface area contributed by atoms with Crippen molar-refractivity contribution in [1.82, 2.24) is 0 Å². The highest BCUT2D eigenvalue weighted by Gasteiger charge is 2.07. The number of benzene rings is 2. The predicted molar refractivity (Wildman–Crippen MR) is 78.2 cm³/mol. The molecule has 1 heteroatoms. The molecule has 0 aromatic heterocycles. The average Bonchev–Trinajstić information content (AvgIpc) is 2.94. The van der Waals surface area contributed by atoms with Crippen LogP contribution in [0, 0.1) is 11.8 Å². The van der Waals surface area contributed by atoms with E-state index < -0.39 is 0 Å². The second kappa shape index (κ2) is 5.04. The highest BCUT2D eigenvalue weighted by molar-refractivity contribution is 5.67. The van der Waals surface area contributed by atoms with E-state index in [4.69, 9.17) is 4.74 Å². The molecule has 0 saturated carbocycles. The summed E-state index contributed by atoms with van der Waals surface area (Å²) < 4.78 is 5.14. The molecule has 2 aromatic rings. The molecule has 2 aromatic carbocycles. The summed E-state index contributed by atoms with van der Waals surface area (Å²) in [6.07, 6.45) is 5.37. The Morgan fingerprint density at radius 3 is 2.63 bits per heavy atom. The van der Waals surface area contributed by atoms with Crippen LogP contribution in [0.25, 0.3) is 6.08 Å². The predicted octanol–water partition coefficient (Wildman–Crippen LogP) is 3.66. The minimum Gasteiger partial charge on any atom is -0.497 e. The van der Waals surface area contributed by atoms with Crippen molar-refractivity contribution in [3.8, 4) is 17.6 Å². The van der Waals surface area contributed by atoms with Crippen molar-refractivity contribution in [2.75, 3.05) is 7.11 Å². The van der Waals surface area contributed by atoms with E-state index >= 15 is 0 Å². The lowest BCUT2D eigenvalue weighted by Gasteiger charge is -2.00. The number of rotatable bonds is 1. The van der Waals surface area contributed by atoms with Gasteiger partial charge in [0.25, 0.3) is 0 Å². The molecule has 0 aliphatic heterocycles. The molecule has 0 bridgehead atoms. The van der Waals surface area contributed by atoms with Crippen molar-refractivity contribution in [1.29, 1.82) is 0 Å². The summed E-state index contributed by atoms with van der Waals surface area (Å²) in [5, 5.41) is 0. The fourth-order valence-electron chi connectivity index (χ4n) is 2.21. The van der Waals surface area contributed by atoms with Gasteiger partial charge in [0.05, 0.1) is 7.11 Å². The third-order valence-electron chi connectivity index (χ3n) is 3.25. The fourth-order valence-corrected chi connectivity index (χ4v) is 2.21. The van der Waals surface area contributed by atoms with E-state index in [1.165, 1.54) is 11.1 Å². The van der Waals surface area contributed by atoms with Crippen LogP contribution in [0.4, 0.5) is 0 Å². The molecule has 0 spiro atoms. The fraction of sp³-hybridized carbons (Fsp3) is 0.111. The van der Waals surface area contributed by atoms with Crippen LogP contribution >= 0.6 is 0 Å². The molecule has 3 rings (SSSR count). The van der Waals surface area contributed by atoms with E-state index in [0.29, 0.717) is 0 Å². The maximum absolute atomic E-state index is 5.14. The van der Waals surface area contributed by atoms with Gasteiger partial charge in [0, 0.05) is 11.1 Å². The van der Waals surface area contributed by atoms with Crippen molar-refractivity contribution in [2.45, 2.75) is 6.42 Å². The molecular weight excluding hydrogens is 232 g/mol. The van der Waals surface area contributed by atoms with E-state index in [1.807, 2.05) is 24.3 Å². The lowest BCUT2D eigenvalue weighted by atomic mass is 10.0. The van der Waals surface area contributed by atoms with Gasteiger partial charge in [-0.2, -0.15) is 0 Å². The second-order valence-corrected chi connectivity index (χ2v) is 4.46. The normalized spacial score (nSPS) is 11.6. The van der Waals surface area contributed by atoms with Crippen LogP contribution in [0.3, 0.4) is 0 Å². The topological polar surface area (TPSA) is 9.23 Å². The Bertz CT molecular complexity index is 682. The largest absolute Gasteiger partial charge is 0.497 e. The molecule has 0 radical (unpaired) electrons. The first-order valence-electron chi connectivity index (χ1n) is 6.31. The number of ether oxygens (including phenoxy) is 1. The number of allylic oxidation sites excluding steroid dienone is 1. The first-order valence-corrected chi connectivity index (χ1v) is 6.31. The smallest absolute Gasteiger partial charge is 0.118 e. The average molecular weight is 246 g/mol. The summed E-state index contributed by atoms with van der Waals surface area (Å²) in [6.45, 7) is 0. The summed E-state index contributed by atoms with van der Waals surface area (Å²) >= 11 is 0. The Balaban J connectivity index is 1.91. The molecule has 19 heavy (non-hydrogen) atoms. The molecule has 0 saturated heterocycles. The summed E-state index contributed by atoms with van der Waals surface area (Å²) in [7, 11) is 1.67. The van der Waals surface area contributed by atoms with Crippen molar-refractivity contribution in [3.63, 3.8) is 0 Å². The molecule has 0 unspecified atom stereocenters. The van der Waals surface area contributed by atoms with Crippen LogP contribution in [0.5, 0.6) is 5.75 Å². The highest BCUT2D eigenvalue weighted by Crippen LogP contribution is 2.22. The van der Waals surface area contributed by atoms with Crippen LogP contribution in [0.15, 0.2) is 48.5 Å². The summed E-state index contributed by atoms with van der Waals surface area (Å²) in [5.41, 5.74) is 4.73. The number of hydrogen-bond donors (Lipinski definition) is 0. The molecule has 0 heterocycles. The van der Waals surface area contributed by atoms with Gasteiger partial charge in [-0.1, -0.05) is 36.1 Å². The summed E-state index contributed by atoms with van der Waals surface area (Å²) in [6, 6.07) is 14.1. The highest BCUT2D eigenvalue weighted by atomic mass is 16.5. The zero-order valence-corrected chi connectivity index (χ0v) is 10.8. The first kappa shape index (κ1) is 11.6. The zero-order chi connectivity index (χ0) is 13.1. The van der Waals surface area contributed by atoms with Gasteiger partial charge in [0.1, 0.15) is 5.75 Å². The van der Waals surface area contributed by atoms with Crippen LogP contribution in [-0.2, 0) is 6.42 Å². The maximum atomic E-state index is 5.14. The van der Waals surface area contributed by atoms with Gasteiger partial charge in [0.15, 0.2) is 0 Å². The minimum absolute atomic E-state index is 0.856. The molecule has 1 aliphatic carbocycles. The molecule has 0 atom stereocenters. The molecule has 92 valence electrons. The third kappa shape index (κ3) is 2.39. The Morgan fingerprint density at radius 2 is 1.84 bits per heavy atom. The van der Waals surface area contributed by atoms with Crippen LogP contribution in [0.2, 0.25) is 0 Å². The van der Waals surface area contributed by atoms with Crippen molar-refractivity contribution in [2.24, 2.45) is 0 Å². The lowest BCUT2D eigenvalue weighted by molar-refractivity contribution is 0.415. The number of hydrogen-bond acceptors (Lipinski definition) is 1. The zero-order valence-electron chi connectivity index (χ0n) is 10.8. The van der Waals surface area contributed by atoms with Crippen molar-refractivity contribution < 1.29 is 4.74 Å². The van der Waals surface area contributed by atoms with E-state index in [9.17, 15) is 0 Å². The molecular formula is C18H14O. The van der Waals surface area contributed by atoms with Gasteiger partial charge >= 0.3 is 0 Å². The SMILES string of the molecule is COc1ccc(C#Cc2cccc3c2C=CC3)cc1. The summed E-state index contributed by atoms with van der Waals surface area (Å²) in [5.74, 6) is 7.31. The van der Waals surface area contributed by atoms with Gasteiger partial charge in [-0.15, -0.1) is 0 Å². The van der Waals surface area contributed by atoms with Gasteiger partial charge in [-0.05, 0) is 47.9 Å². The number of fused-ring (bicyclic) bond motifs is 1. The van der Waals surface area contributed by atoms with Crippen molar-refractivity contribution >= 4 is 6.08 Å². The Labute approximate surface area is 113 Å². The second-order valence-electron chi connectivity index (χ2n) is 4.46. The first-order chi connectivity index (χ1) is 9.36. The molecule has 1 nitrogen and oxygen atoms in total. The van der Waals surface area contributed by atoms with E-state index in [-0.39, 0.29) is 0 Å². The minimum atomic E-state index is 0.856. The Morgan fingerprint density at radius 1 is 1.00 bits per heavy atom. The Hall–Kier alpha value is -2.46. The molecule has 0 fully saturated rings. The van der Waals surface area contributed by atoms with E-state index in [2.05, 4.69) is 42.2 Å². The third-order valence-corrected chi connectivity index (χ3v) is 3.25. The van der Waals surface area contributed by atoms with Crippen LogP contribution in [-0.4, -0.2) is 7.11 Å². The maximum Gasteiger partial charge on any atom is 0.118 e. The quantitative estimate of drug-likeness (QED) is 0.698. The van der Waals surface area contributed by atoms with Gasteiger partial charge in [-0.25, -0.2) is 0 Å². The monoisotopic (exact) mass is 246 g/mol. The van der Waals surface area contributed by atoms with Gasteiger partial charge in [0.2, 0.25) is 0 Å². The van der Waals surface area contributed by atoms with Gasteiger partial charge < -0.3 is 4.74 Å². The van der Waals surface area contributed by atoms with Crippen LogP contribution < -0.4 is 4.74 Å². The van der Waals surface area contributed by atoms with E-state index in [1.54, 1.807) is 7.11 Å². The lowest BCUT2D eigenvalue weighted by Crippen LogP contribution is -1.86. The molecule has 0 amide bonds. The Kier molecular flexibility index (Phi) is 3.08.